The van der Waals surface area contributed by atoms with Gasteiger partial charge in [0, 0.05) is 6.04 Å². The molecule has 0 radical (unpaired) electrons. The van der Waals surface area contributed by atoms with E-state index in [-0.39, 0.29) is 17.9 Å². The van der Waals surface area contributed by atoms with E-state index >= 15 is 0 Å². The van der Waals surface area contributed by atoms with E-state index in [0.29, 0.717) is 0 Å². The molecule has 0 aromatic heterocycles. The fourth-order valence-corrected chi connectivity index (χ4v) is 1.42. The van der Waals surface area contributed by atoms with Gasteiger partial charge < -0.3 is 5.32 Å². The molecule has 0 fully saturated rings. The highest BCUT2D eigenvalue weighted by atomic mass is 16.1. The quantitative estimate of drug-likeness (QED) is 0.807. The maximum atomic E-state index is 11.7. The van der Waals surface area contributed by atoms with E-state index in [9.17, 15) is 4.79 Å². The summed E-state index contributed by atoms with van der Waals surface area (Å²) in [6.07, 6.45) is 0. The summed E-state index contributed by atoms with van der Waals surface area (Å²) in [5.41, 5.74) is 2.29. The van der Waals surface area contributed by atoms with Crippen LogP contribution in [0.1, 0.15) is 37.8 Å². The molecule has 0 spiro atoms. The van der Waals surface area contributed by atoms with Crippen LogP contribution in [-0.2, 0) is 4.79 Å². The van der Waals surface area contributed by atoms with Gasteiger partial charge in [0.1, 0.15) is 0 Å². The Labute approximate surface area is 91.7 Å². The average molecular weight is 205 g/mol. The summed E-state index contributed by atoms with van der Waals surface area (Å²) < 4.78 is 0. The topological polar surface area (TPSA) is 29.1 Å². The molecule has 0 aliphatic carbocycles. The van der Waals surface area contributed by atoms with Gasteiger partial charge in [-0.05, 0) is 33.3 Å². The number of rotatable bonds is 3. The third-order valence-electron chi connectivity index (χ3n) is 2.40. The first-order valence-electron chi connectivity index (χ1n) is 5.37. The Bertz CT molecular complexity index is 327. The van der Waals surface area contributed by atoms with Crippen molar-refractivity contribution in [2.45, 2.75) is 39.7 Å². The Hall–Kier alpha value is -1.31. The molecule has 1 unspecified atom stereocenters. The molecule has 0 aliphatic rings. The molecule has 2 heteroatoms. The molecule has 1 aromatic rings. The molecule has 15 heavy (non-hydrogen) atoms. The zero-order valence-corrected chi connectivity index (χ0v) is 9.87. The van der Waals surface area contributed by atoms with Crippen LogP contribution in [-0.4, -0.2) is 11.9 Å². The van der Waals surface area contributed by atoms with Crippen molar-refractivity contribution < 1.29 is 4.79 Å². The van der Waals surface area contributed by atoms with Crippen molar-refractivity contribution in [1.82, 2.24) is 5.32 Å². The Kier molecular flexibility index (Phi) is 3.89. The summed E-state index contributed by atoms with van der Waals surface area (Å²) in [5, 5.41) is 2.92. The number of carbonyl (C=O) groups excluding carboxylic acids is 1. The lowest BCUT2D eigenvalue weighted by Gasteiger charge is -2.14. The lowest BCUT2D eigenvalue weighted by molar-refractivity contribution is -0.122. The van der Waals surface area contributed by atoms with Crippen LogP contribution >= 0.6 is 0 Å². The normalized spacial score (nSPS) is 12.6. The molecule has 0 aliphatic heterocycles. The van der Waals surface area contributed by atoms with Gasteiger partial charge in [-0.25, -0.2) is 0 Å². The second-order valence-corrected chi connectivity index (χ2v) is 4.30. The highest BCUT2D eigenvalue weighted by molar-refractivity contribution is 5.83. The Morgan fingerprint density at radius 3 is 2.13 bits per heavy atom. The van der Waals surface area contributed by atoms with Crippen LogP contribution in [0.25, 0.3) is 0 Å². The minimum Gasteiger partial charge on any atom is -0.353 e. The first-order valence-corrected chi connectivity index (χ1v) is 5.37. The predicted molar refractivity (Wildman–Crippen MR) is 62.9 cm³/mol. The predicted octanol–water partition coefficient (Wildman–Crippen LogP) is 2.62. The van der Waals surface area contributed by atoms with Gasteiger partial charge >= 0.3 is 0 Å². The van der Waals surface area contributed by atoms with E-state index in [1.807, 2.05) is 52.0 Å². The number of hydrogen-bond acceptors (Lipinski definition) is 1. The molecular formula is C13H19NO. The van der Waals surface area contributed by atoms with Crippen molar-refractivity contribution in [3.05, 3.63) is 35.4 Å². The lowest BCUT2D eigenvalue weighted by Crippen LogP contribution is -2.33. The van der Waals surface area contributed by atoms with E-state index in [0.717, 1.165) is 5.56 Å². The first kappa shape index (κ1) is 11.8. The molecule has 0 saturated carbocycles. The van der Waals surface area contributed by atoms with Gasteiger partial charge in [0.25, 0.3) is 0 Å². The average Bonchev–Trinajstić information content (AvgIpc) is 2.17. The monoisotopic (exact) mass is 205 g/mol. The molecule has 1 aromatic carbocycles. The van der Waals surface area contributed by atoms with Gasteiger partial charge in [-0.2, -0.15) is 0 Å². The molecule has 0 bridgehead atoms. The van der Waals surface area contributed by atoms with Crippen LogP contribution in [0.3, 0.4) is 0 Å². The van der Waals surface area contributed by atoms with E-state index in [1.54, 1.807) is 0 Å². The fourth-order valence-electron chi connectivity index (χ4n) is 1.42. The molecule has 0 saturated heterocycles. The van der Waals surface area contributed by atoms with Crippen LogP contribution in [0.2, 0.25) is 0 Å². The van der Waals surface area contributed by atoms with E-state index in [4.69, 9.17) is 0 Å². The molecule has 2 nitrogen and oxygen atoms in total. The van der Waals surface area contributed by atoms with Crippen LogP contribution < -0.4 is 5.32 Å². The maximum Gasteiger partial charge on any atom is 0.227 e. The standard InChI is InChI=1S/C13H19NO/c1-9(2)14-13(15)11(4)12-7-5-10(3)6-8-12/h5-9,11H,1-4H3,(H,14,15). The number of amides is 1. The number of nitrogens with one attached hydrogen (secondary N) is 1. The number of hydrogen-bond donors (Lipinski definition) is 1. The van der Waals surface area contributed by atoms with E-state index < -0.39 is 0 Å². The molecule has 82 valence electrons. The summed E-state index contributed by atoms with van der Waals surface area (Å²) in [6.45, 7) is 7.92. The van der Waals surface area contributed by atoms with E-state index in [2.05, 4.69) is 5.32 Å². The summed E-state index contributed by atoms with van der Waals surface area (Å²) >= 11 is 0. The number of aryl methyl sites for hydroxylation is 1. The summed E-state index contributed by atoms with van der Waals surface area (Å²) in [4.78, 5) is 11.7. The minimum absolute atomic E-state index is 0.0759. The molecular weight excluding hydrogens is 186 g/mol. The van der Waals surface area contributed by atoms with Crippen LogP contribution in [0, 0.1) is 6.92 Å². The Morgan fingerprint density at radius 1 is 1.13 bits per heavy atom. The van der Waals surface area contributed by atoms with Gasteiger partial charge in [0.2, 0.25) is 5.91 Å². The Morgan fingerprint density at radius 2 is 1.67 bits per heavy atom. The van der Waals surface area contributed by atoms with Gasteiger partial charge in [0.15, 0.2) is 0 Å². The lowest BCUT2D eigenvalue weighted by atomic mass is 9.99. The molecule has 1 rings (SSSR count). The third-order valence-corrected chi connectivity index (χ3v) is 2.40. The van der Waals surface area contributed by atoms with Gasteiger partial charge in [0.05, 0.1) is 5.92 Å². The zero-order chi connectivity index (χ0) is 11.4. The smallest absolute Gasteiger partial charge is 0.227 e. The highest BCUT2D eigenvalue weighted by Gasteiger charge is 2.15. The molecule has 1 N–H and O–H groups in total. The van der Waals surface area contributed by atoms with Crippen LogP contribution in [0.4, 0.5) is 0 Å². The summed E-state index contributed by atoms with van der Waals surface area (Å²) in [5.74, 6) is 0.0156. The minimum atomic E-state index is -0.0759. The first-order chi connectivity index (χ1) is 7.00. The van der Waals surface area contributed by atoms with Crippen molar-refractivity contribution in [1.29, 1.82) is 0 Å². The van der Waals surface area contributed by atoms with Crippen LogP contribution in [0.15, 0.2) is 24.3 Å². The largest absolute Gasteiger partial charge is 0.353 e. The van der Waals surface area contributed by atoms with Crippen molar-refractivity contribution in [2.24, 2.45) is 0 Å². The molecule has 0 heterocycles. The summed E-state index contributed by atoms with van der Waals surface area (Å²) in [6, 6.07) is 8.30. The van der Waals surface area contributed by atoms with Crippen molar-refractivity contribution in [3.63, 3.8) is 0 Å². The van der Waals surface area contributed by atoms with E-state index in [1.165, 1.54) is 5.56 Å². The third kappa shape index (κ3) is 3.39. The van der Waals surface area contributed by atoms with Crippen molar-refractivity contribution in [3.8, 4) is 0 Å². The molecule has 1 amide bonds. The van der Waals surface area contributed by atoms with Crippen LogP contribution in [0.5, 0.6) is 0 Å². The van der Waals surface area contributed by atoms with Gasteiger partial charge in [-0.3, -0.25) is 4.79 Å². The number of carbonyl (C=O) groups is 1. The van der Waals surface area contributed by atoms with Gasteiger partial charge in [-0.1, -0.05) is 29.8 Å². The maximum absolute atomic E-state index is 11.7. The summed E-state index contributed by atoms with van der Waals surface area (Å²) in [7, 11) is 0. The second kappa shape index (κ2) is 4.96. The number of benzene rings is 1. The zero-order valence-electron chi connectivity index (χ0n) is 9.87. The van der Waals surface area contributed by atoms with Crippen molar-refractivity contribution >= 4 is 5.91 Å². The van der Waals surface area contributed by atoms with Crippen molar-refractivity contribution in [2.75, 3.05) is 0 Å². The molecule has 1 atom stereocenters. The fraction of sp³-hybridized carbons (Fsp3) is 0.462. The Balaban J connectivity index is 2.71. The SMILES string of the molecule is Cc1ccc(C(C)C(=O)NC(C)C)cc1. The highest BCUT2D eigenvalue weighted by Crippen LogP contribution is 2.15. The van der Waals surface area contributed by atoms with Gasteiger partial charge in [-0.15, -0.1) is 0 Å². The second-order valence-electron chi connectivity index (χ2n) is 4.30.